The lowest BCUT2D eigenvalue weighted by Crippen LogP contribution is -2.47. The average molecular weight is 282 g/mol. The minimum absolute atomic E-state index is 0.0393. The Morgan fingerprint density at radius 2 is 1.95 bits per heavy atom. The molecule has 2 rings (SSSR count). The highest BCUT2D eigenvalue weighted by Gasteiger charge is 2.34. The first kappa shape index (κ1) is 15.3. The lowest BCUT2D eigenvalue weighted by Gasteiger charge is -2.35. The van der Waals surface area contributed by atoms with Crippen molar-refractivity contribution >= 4 is 11.8 Å². The Balaban J connectivity index is 1.93. The van der Waals surface area contributed by atoms with Crippen molar-refractivity contribution < 1.29 is 14.7 Å². The minimum Gasteiger partial charge on any atom is -0.391 e. The van der Waals surface area contributed by atoms with E-state index in [0.717, 1.165) is 25.8 Å². The van der Waals surface area contributed by atoms with E-state index >= 15 is 0 Å². The maximum Gasteiger partial charge on any atom is 0.227 e. The largest absolute Gasteiger partial charge is 0.391 e. The van der Waals surface area contributed by atoms with Gasteiger partial charge in [0, 0.05) is 32.1 Å². The van der Waals surface area contributed by atoms with Gasteiger partial charge in [-0.1, -0.05) is 13.8 Å². The van der Waals surface area contributed by atoms with Gasteiger partial charge in [-0.25, -0.2) is 0 Å². The van der Waals surface area contributed by atoms with Crippen LogP contribution in [-0.4, -0.2) is 59.0 Å². The van der Waals surface area contributed by atoms with Crippen molar-refractivity contribution in [3.63, 3.8) is 0 Å². The van der Waals surface area contributed by atoms with Crippen molar-refractivity contribution in [3.05, 3.63) is 0 Å². The molecule has 2 fully saturated rings. The standard InChI is InChI=1S/C15H26N2O3/c1-3-11(2)14(19)16-7-4-5-12(9-16)15(20)17-8-6-13(18)10-17/h11-13,18H,3-10H2,1-2H3/t11?,12?,13-/m1/s1. The molecule has 2 amide bonds. The van der Waals surface area contributed by atoms with Crippen molar-refractivity contribution in [3.8, 4) is 0 Å². The summed E-state index contributed by atoms with van der Waals surface area (Å²) in [4.78, 5) is 28.3. The van der Waals surface area contributed by atoms with Gasteiger partial charge in [-0.3, -0.25) is 9.59 Å². The average Bonchev–Trinajstić information content (AvgIpc) is 2.91. The molecule has 2 unspecified atom stereocenters. The van der Waals surface area contributed by atoms with Gasteiger partial charge in [0.2, 0.25) is 11.8 Å². The second-order valence-corrected chi connectivity index (χ2v) is 6.16. The molecule has 5 nitrogen and oxygen atoms in total. The van der Waals surface area contributed by atoms with E-state index in [1.165, 1.54) is 0 Å². The van der Waals surface area contributed by atoms with Gasteiger partial charge in [0.1, 0.15) is 0 Å². The number of carbonyl (C=O) groups excluding carboxylic acids is 2. The van der Waals surface area contributed by atoms with Crippen LogP contribution in [0.4, 0.5) is 0 Å². The minimum atomic E-state index is -0.375. The van der Waals surface area contributed by atoms with Crippen molar-refractivity contribution in [1.82, 2.24) is 9.80 Å². The molecule has 0 bridgehead atoms. The van der Waals surface area contributed by atoms with Crippen LogP contribution in [0.1, 0.15) is 39.5 Å². The zero-order chi connectivity index (χ0) is 14.7. The normalized spacial score (nSPS) is 28.6. The maximum atomic E-state index is 12.4. The van der Waals surface area contributed by atoms with E-state index in [1.807, 2.05) is 18.7 Å². The highest BCUT2D eigenvalue weighted by Crippen LogP contribution is 2.23. The summed E-state index contributed by atoms with van der Waals surface area (Å²) < 4.78 is 0. The lowest BCUT2D eigenvalue weighted by atomic mass is 9.95. The van der Waals surface area contributed by atoms with Crippen LogP contribution in [-0.2, 0) is 9.59 Å². The predicted molar refractivity (Wildman–Crippen MR) is 76.0 cm³/mol. The molecule has 0 saturated carbocycles. The van der Waals surface area contributed by atoms with E-state index in [-0.39, 0.29) is 29.8 Å². The third-order valence-corrected chi connectivity index (χ3v) is 4.59. The van der Waals surface area contributed by atoms with Crippen molar-refractivity contribution in [2.45, 2.75) is 45.6 Å². The topological polar surface area (TPSA) is 60.9 Å². The maximum absolute atomic E-state index is 12.4. The van der Waals surface area contributed by atoms with Crippen LogP contribution in [0.3, 0.4) is 0 Å². The van der Waals surface area contributed by atoms with Crippen LogP contribution in [0.2, 0.25) is 0 Å². The number of β-amino-alcohol motifs (C(OH)–C–C–N with tert-alkyl or cyclic N) is 1. The van der Waals surface area contributed by atoms with Crippen LogP contribution in [0, 0.1) is 11.8 Å². The fourth-order valence-electron chi connectivity index (χ4n) is 3.07. The second kappa shape index (κ2) is 6.57. The number of aliphatic hydroxyl groups is 1. The fraction of sp³-hybridized carbons (Fsp3) is 0.867. The number of hydrogen-bond donors (Lipinski definition) is 1. The van der Waals surface area contributed by atoms with E-state index in [4.69, 9.17) is 0 Å². The first-order valence-corrected chi connectivity index (χ1v) is 7.78. The Hall–Kier alpha value is -1.10. The summed E-state index contributed by atoms with van der Waals surface area (Å²) in [6, 6.07) is 0. The summed E-state index contributed by atoms with van der Waals surface area (Å²) in [5.41, 5.74) is 0. The molecule has 3 atom stereocenters. The molecule has 2 aliphatic rings. The number of piperidine rings is 1. The number of rotatable bonds is 3. The Morgan fingerprint density at radius 1 is 1.20 bits per heavy atom. The molecule has 0 spiro atoms. The van der Waals surface area contributed by atoms with Gasteiger partial charge in [-0.2, -0.15) is 0 Å². The van der Waals surface area contributed by atoms with Gasteiger partial charge in [-0.15, -0.1) is 0 Å². The molecule has 1 N–H and O–H groups in total. The molecule has 0 radical (unpaired) electrons. The molecular formula is C15H26N2O3. The highest BCUT2D eigenvalue weighted by molar-refractivity contribution is 5.82. The molecule has 0 aromatic heterocycles. The molecule has 0 aromatic carbocycles. The zero-order valence-electron chi connectivity index (χ0n) is 12.5. The van der Waals surface area contributed by atoms with Crippen LogP contribution in [0.5, 0.6) is 0 Å². The van der Waals surface area contributed by atoms with E-state index < -0.39 is 0 Å². The Morgan fingerprint density at radius 3 is 2.55 bits per heavy atom. The number of hydrogen-bond acceptors (Lipinski definition) is 3. The quantitative estimate of drug-likeness (QED) is 0.835. The van der Waals surface area contributed by atoms with Gasteiger partial charge in [0.15, 0.2) is 0 Å². The number of amides is 2. The summed E-state index contributed by atoms with van der Waals surface area (Å²) in [6.07, 6.45) is 2.89. The summed E-state index contributed by atoms with van der Waals surface area (Å²) in [5, 5.41) is 9.53. The summed E-state index contributed by atoms with van der Waals surface area (Å²) in [6.45, 7) is 6.39. The predicted octanol–water partition coefficient (Wildman–Crippen LogP) is 0.864. The van der Waals surface area contributed by atoms with Crippen LogP contribution in [0.15, 0.2) is 0 Å². The third-order valence-electron chi connectivity index (χ3n) is 4.59. The molecule has 0 aromatic rings. The van der Waals surface area contributed by atoms with E-state index in [9.17, 15) is 14.7 Å². The molecule has 114 valence electrons. The van der Waals surface area contributed by atoms with Crippen LogP contribution in [0.25, 0.3) is 0 Å². The highest BCUT2D eigenvalue weighted by atomic mass is 16.3. The third kappa shape index (κ3) is 3.32. The molecule has 0 aliphatic carbocycles. The van der Waals surface area contributed by atoms with Crippen molar-refractivity contribution in [2.24, 2.45) is 11.8 Å². The first-order valence-electron chi connectivity index (χ1n) is 7.78. The summed E-state index contributed by atoms with van der Waals surface area (Å²) >= 11 is 0. The van der Waals surface area contributed by atoms with Crippen molar-refractivity contribution in [2.75, 3.05) is 26.2 Å². The lowest BCUT2D eigenvalue weighted by molar-refractivity contribution is -0.142. The molecule has 20 heavy (non-hydrogen) atoms. The first-order chi connectivity index (χ1) is 9.52. The number of aliphatic hydroxyl groups excluding tert-OH is 1. The summed E-state index contributed by atoms with van der Waals surface area (Å²) in [7, 11) is 0. The van der Waals surface area contributed by atoms with Gasteiger partial charge < -0.3 is 14.9 Å². The summed E-state index contributed by atoms with van der Waals surface area (Å²) in [5.74, 6) is 0.245. The van der Waals surface area contributed by atoms with Crippen molar-refractivity contribution in [1.29, 1.82) is 0 Å². The monoisotopic (exact) mass is 282 g/mol. The van der Waals surface area contributed by atoms with Crippen LogP contribution >= 0.6 is 0 Å². The van der Waals surface area contributed by atoms with Gasteiger partial charge in [-0.05, 0) is 25.7 Å². The van der Waals surface area contributed by atoms with Crippen LogP contribution < -0.4 is 0 Å². The Bertz CT molecular complexity index is 372. The van der Waals surface area contributed by atoms with Gasteiger partial charge >= 0.3 is 0 Å². The Kier molecular flexibility index (Phi) is 5.02. The smallest absolute Gasteiger partial charge is 0.227 e. The van der Waals surface area contributed by atoms with E-state index in [0.29, 0.717) is 26.1 Å². The zero-order valence-corrected chi connectivity index (χ0v) is 12.5. The fourth-order valence-corrected chi connectivity index (χ4v) is 3.07. The molecular weight excluding hydrogens is 256 g/mol. The second-order valence-electron chi connectivity index (χ2n) is 6.16. The molecule has 2 saturated heterocycles. The Labute approximate surface area is 120 Å². The number of likely N-dealkylation sites (tertiary alicyclic amines) is 2. The van der Waals surface area contributed by atoms with E-state index in [1.54, 1.807) is 4.90 Å². The van der Waals surface area contributed by atoms with Gasteiger partial charge in [0.25, 0.3) is 0 Å². The molecule has 2 aliphatic heterocycles. The molecule has 2 heterocycles. The molecule has 5 heteroatoms. The SMILES string of the molecule is CCC(C)C(=O)N1CCCC(C(=O)N2CC[C@@H](O)C2)C1. The number of nitrogens with zero attached hydrogens (tertiary/aromatic N) is 2. The van der Waals surface area contributed by atoms with E-state index in [2.05, 4.69) is 0 Å². The van der Waals surface area contributed by atoms with Gasteiger partial charge in [0.05, 0.1) is 12.0 Å². The number of carbonyl (C=O) groups is 2.